The van der Waals surface area contributed by atoms with E-state index in [1.807, 2.05) is 0 Å². The van der Waals surface area contributed by atoms with Crippen molar-refractivity contribution in [2.45, 2.75) is 19.1 Å². The number of rotatable bonds is 3. The van der Waals surface area contributed by atoms with Crippen molar-refractivity contribution in [3.8, 4) is 0 Å². The van der Waals surface area contributed by atoms with Crippen molar-refractivity contribution in [1.29, 1.82) is 0 Å². The van der Waals surface area contributed by atoms with Gasteiger partial charge in [-0.05, 0) is 11.6 Å². The van der Waals surface area contributed by atoms with Crippen LogP contribution in [0.5, 0.6) is 0 Å². The molecule has 0 atom stereocenters. The van der Waals surface area contributed by atoms with Crippen LogP contribution in [-0.4, -0.2) is 20.9 Å². The number of nitrogens with zero attached hydrogens (tertiary/aromatic N) is 2. The lowest BCUT2D eigenvalue weighted by atomic mass is 10.1. The molecule has 19 heavy (non-hydrogen) atoms. The van der Waals surface area contributed by atoms with Crippen LogP contribution in [0.25, 0.3) is 0 Å². The standard InChI is InChI=1S/C11H9ClF3N3O/c12-8-4-2-1-3-7(8)5-9-16-10(19)18(17-9)6-11(13,14)15/h1-4H,5-6H2,(H,16,17,19). The van der Waals surface area contributed by atoms with Crippen LogP contribution in [0, 0.1) is 0 Å². The van der Waals surface area contributed by atoms with Gasteiger partial charge in [0.15, 0.2) is 0 Å². The third-order valence-corrected chi connectivity index (χ3v) is 2.74. The lowest BCUT2D eigenvalue weighted by Gasteiger charge is -2.04. The van der Waals surface area contributed by atoms with E-state index in [2.05, 4.69) is 10.1 Å². The quantitative estimate of drug-likeness (QED) is 0.944. The predicted molar refractivity (Wildman–Crippen MR) is 63.2 cm³/mol. The molecule has 0 amide bonds. The second-order valence-corrected chi connectivity index (χ2v) is 4.33. The van der Waals surface area contributed by atoms with Gasteiger partial charge in [0.1, 0.15) is 12.4 Å². The second kappa shape index (κ2) is 5.08. The van der Waals surface area contributed by atoms with Gasteiger partial charge in [-0.3, -0.25) is 4.98 Å². The Morgan fingerprint density at radius 2 is 2.00 bits per heavy atom. The monoisotopic (exact) mass is 291 g/mol. The molecule has 0 radical (unpaired) electrons. The Morgan fingerprint density at radius 3 is 2.63 bits per heavy atom. The minimum atomic E-state index is -4.49. The Kier molecular flexibility index (Phi) is 3.66. The molecule has 1 aromatic heterocycles. The van der Waals surface area contributed by atoms with Gasteiger partial charge >= 0.3 is 11.9 Å². The summed E-state index contributed by atoms with van der Waals surface area (Å²) in [4.78, 5) is 13.6. The van der Waals surface area contributed by atoms with Gasteiger partial charge in [0.2, 0.25) is 0 Å². The highest BCUT2D eigenvalue weighted by atomic mass is 35.5. The molecule has 0 aliphatic carbocycles. The van der Waals surface area contributed by atoms with Gasteiger partial charge in [-0.15, -0.1) is 0 Å². The van der Waals surface area contributed by atoms with E-state index in [1.165, 1.54) is 0 Å². The van der Waals surface area contributed by atoms with Gasteiger partial charge in [0, 0.05) is 11.4 Å². The van der Waals surface area contributed by atoms with E-state index in [0.29, 0.717) is 15.3 Å². The van der Waals surface area contributed by atoms with Crippen molar-refractivity contribution < 1.29 is 13.2 Å². The summed E-state index contributed by atoms with van der Waals surface area (Å²) in [6, 6.07) is 6.84. The number of halogens is 4. The molecule has 0 unspecified atom stereocenters. The fraction of sp³-hybridized carbons (Fsp3) is 0.273. The number of H-pyrrole nitrogens is 1. The summed E-state index contributed by atoms with van der Waals surface area (Å²) in [5, 5.41) is 4.07. The highest BCUT2D eigenvalue weighted by molar-refractivity contribution is 6.31. The molecule has 8 heteroatoms. The molecule has 4 nitrogen and oxygen atoms in total. The number of hydrogen-bond donors (Lipinski definition) is 1. The zero-order valence-electron chi connectivity index (χ0n) is 9.54. The van der Waals surface area contributed by atoms with Gasteiger partial charge in [0.25, 0.3) is 0 Å². The average molecular weight is 292 g/mol. The first-order valence-corrected chi connectivity index (χ1v) is 5.69. The summed E-state index contributed by atoms with van der Waals surface area (Å²) < 4.78 is 36.9. The zero-order valence-corrected chi connectivity index (χ0v) is 10.3. The minimum Gasteiger partial charge on any atom is -0.292 e. The molecular weight excluding hydrogens is 283 g/mol. The average Bonchev–Trinajstić information content (AvgIpc) is 2.60. The summed E-state index contributed by atoms with van der Waals surface area (Å²) in [5.74, 6) is 0.141. The molecule has 0 fully saturated rings. The SMILES string of the molecule is O=c1[nH]c(Cc2ccccc2Cl)nn1CC(F)(F)F. The largest absolute Gasteiger partial charge is 0.408 e. The maximum Gasteiger partial charge on any atom is 0.408 e. The van der Waals surface area contributed by atoms with E-state index in [-0.39, 0.29) is 12.2 Å². The van der Waals surface area contributed by atoms with Crippen LogP contribution < -0.4 is 5.69 Å². The van der Waals surface area contributed by atoms with Gasteiger partial charge in [0.05, 0.1) is 0 Å². The van der Waals surface area contributed by atoms with Gasteiger partial charge in [-0.2, -0.15) is 18.3 Å². The van der Waals surface area contributed by atoms with Crippen molar-refractivity contribution in [3.63, 3.8) is 0 Å². The molecule has 0 saturated heterocycles. The van der Waals surface area contributed by atoms with Gasteiger partial charge in [-0.1, -0.05) is 29.8 Å². The molecule has 2 aromatic rings. The Morgan fingerprint density at radius 1 is 1.32 bits per heavy atom. The topological polar surface area (TPSA) is 50.7 Å². The maximum absolute atomic E-state index is 12.2. The van der Waals surface area contributed by atoms with E-state index in [1.54, 1.807) is 24.3 Å². The zero-order chi connectivity index (χ0) is 14.0. The molecule has 1 heterocycles. The van der Waals surface area contributed by atoms with Gasteiger partial charge < -0.3 is 0 Å². The maximum atomic E-state index is 12.2. The highest BCUT2D eigenvalue weighted by Crippen LogP contribution is 2.18. The fourth-order valence-corrected chi connectivity index (χ4v) is 1.79. The normalized spacial score (nSPS) is 11.8. The van der Waals surface area contributed by atoms with Crippen LogP contribution in [-0.2, 0) is 13.0 Å². The van der Waals surface area contributed by atoms with Crippen LogP contribution in [0.15, 0.2) is 29.1 Å². The molecule has 1 N–H and O–H groups in total. The summed E-state index contributed by atoms with van der Waals surface area (Å²) >= 11 is 5.92. The number of aromatic amines is 1. The Labute approximate surface area is 110 Å². The number of benzene rings is 1. The Balaban J connectivity index is 2.22. The van der Waals surface area contributed by atoms with Crippen molar-refractivity contribution in [1.82, 2.24) is 14.8 Å². The summed E-state index contributed by atoms with van der Waals surface area (Å²) in [5.41, 5.74) is -0.212. The first-order valence-electron chi connectivity index (χ1n) is 5.31. The summed E-state index contributed by atoms with van der Waals surface area (Å²) in [6.45, 7) is -1.41. The van der Waals surface area contributed by atoms with Crippen molar-refractivity contribution in [2.75, 3.05) is 0 Å². The van der Waals surface area contributed by atoms with E-state index in [4.69, 9.17) is 11.6 Å². The van der Waals surface area contributed by atoms with Crippen LogP contribution in [0.2, 0.25) is 5.02 Å². The third-order valence-electron chi connectivity index (χ3n) is 2.37. The van der Waals surface area contributed by atoms with E-state index in [0.717, 1.165) is 0 Å². The van der Waals surface area contributed by atoms with Crippen molar-refractivity contribution >= 4 is 11.6 Å². The predicted octanol–water partition coefficient (Wildman–Crippen LogP) is 2.38. The fourth-order valence-electron chi connectivity index (χ4n) is 1.58. The third kappa shape index (κ3) is 3.60. The number of hydrogen-bond acceptors (Lipinski definition) is 2. The first kappa shape index (κ1) is 13.7. The smallest absolute Gasteiger partial charge is 0.292 e. The van der Waals surface area contributed by atoms with Crippen LogP contribution in [0.1, 0.15) is 11.4 Å². The highest BCUT2D eigenvalue weighted by Gasteiger charge is 2.29. The van der Waals surface area contributed by atoms with E-state index < -0.39 is 18.4 Å². The number of alkyl halides is 3. The lowest BCUT2D eigenvalue weighted by Crippen LogP contribution is -2.27. The number of aromatic nitrogens is 3. The molecule has 0 aliphatic rings. The molecule has 0 aliphatic heterocycles. The van der Waals surface area contributed by atoms with Crippen LogP contribution in [0.4, 0.5) is 13.2 Å². The molecule has 102 valence electrons. The molecule has 1 aromatic carbocycles. The lowest BCUT2D eigenvalue weighted by molar-refractivity contribution is -0.143. The first-order chi connectivity index (χ1) is 8.85. The second-order valence-electron chi connectivity index (χ2n) is 3.92. The molecule has 0 bridgehead atoms. The van der Waals surface area contributed by atoms with E-state index >= 15 is 0 Å². The Hall–Kier alpha value is -1.76. The van der Waals surface area contributed by atoms with Gasteiger partial charge in [-0.25, -0.2) is 9.48 Å². The minimum absolute atomic E-state index is 0.141. The number of nitrogens with one attached hydrogen (secondary N) is 1. The van der Waals surface area contributed by atoms with Crippen LogP contribution >= 0.6 is 11.6 Å². The molecular formula is C11H9ClF3N3O. The van der Waals surface area contributed by atoms with E-state index in [9.17, 15) is 18.0 Å². The molecule has 2 rings (SSSR count). The summed E-state index contributed by atoms with van der Waals surface area (Å²) in [6.07, 6.45) is -4.32. The Bertz CT molecular complexity index is 633. The van der Waals surface area contributed by atoms with Crippen molar-refractivity contribution in [3.05, 3.63) is 51.2 Å². The molecule has 0 saturated carbocycles. The van der Waals surface area contributed by atoms with Crippen LogP contribution in [0.3, 0.4) is 0 Å². The summed E-state index contributed by atoms with van der Waals surface area (Å²) in [7, 11) is 0. The van der Waals surface area contributed by atoms with Crippen molar-refractivity contribution in [2.24, 2.45) is 0 Å². The molecule has 0 spiro atoms.